The molecule has 0 aliphatic rings. The zero-order valence-corrected chi connectivity index (χ0v) is 18.8. The molecule has 0 aliphatic carbocycles. The van der Waals surface area contributed by atoms with Crippen LogP contribution < -0.4 is 4.90 Å². The number of halogens is 3. The average Bonchev–Trinajstić information content (AvgIpc) is 2.72. The molecule has 2 aromatic rings. The molecule has 0 amide bonds. The maximum absolute atomic E-state index is 13.0. The zero-order valence-electron chi connectivity index (χ0n) is 18.0. The molecule has 168 valence electrons. The molecule has 0 heterocycles. The first-order chi connectivity index (χ1) is 14.5. The number of alkyl halides is 3. The second-order valence-corrected chi connectivity index (χ2v) is 9.51. The van der Waals surface area contributed by atoms with Crippen molar-refractivity contribution >= 4 is 15.5 Å². The van der Waals surface area contributed by atoms with Gasteiger partial charge < -0.3 is 4.90 Å². The third-order valence-electron chi connectivity index (χ3n) is 5.01. The second-order valence-electron chi connectivity index (χ2n) is 7.52. The first kappa shape index (κ1) is 24.7. The van der Waals surface area contributed by atoms with Gasteiger partial charge in [0, 0.05) is 30.6 Å². The molecule has 0 aliphatic heterocycles. The second kappa shape index (κ2) is 10.2. The summed E-state index contributed by atoms with van der Waals surface area (Å²) in [5.74, 6) is 0. The van der Waals surface area contributed by atoms with Crippen LogP contribution in [-0.2, 0) is 16.0 Å². The van der Waals surface area contributed by atoms with E-state index in [4.69, 9.17) is 0 Å². The number of hydrogen-bond acceptors (Lipinski definition) is 4. The Bertz CT molecular complexity index is 1030. The van der Waals surface area contributed by atoms with Gasteiger partial charge in [-0.1, -0.05) is 38.8 Å². The molecule has 0 spiro atoms. The first-order valence-electron chi connectivity index (χ1n) is 10.2. The van der Waals surface area contributed by atoms with Gasteiger partial charge in [0.05, 0.1) is 22.1 Å². The van der Waals surface area contributed by atoms with Gasteiger partial charge in [0.1, 0.15) is 0 Å². The Morgan fingerprint density at radius 3 is 1.97 bits per heavy atom. The molecule has 0 atom stereocenters. The minimum atomic E-state index is -4.49. The molecule has 0 N–H and O–H groups in total. The van der Waals surface area contributed by atoms with E-state index in [0.29, 0.717) is 29.9 Å². The number of anilines is 1. The van der Waals surface area contributed by atoms with Crippen LogP contribution in [0.5, 0.6) is 0 Å². The van der Waals surface area contributed by atoms with Crippen molar-refractivity contribution in [3.8, 4) is 17.2 Å². The number of hydrogen-bond donors (Lipinski definition) is 0. The molecule has 8 heteroatoms. The molecule has 0 unspecified atom stereocenters. The lowest BCUT2D eigenvalue weighted by Crippen LogP contribution is -2.27. The Hall–Kier alpha value is -2.53. The van der Waals surface area contributed by atoms with Crippen molar-refractivity contribution in [1.29, 1.82) is 5.26 Å². The standard InChI is InChI=1S/C23H27F3N2O2S/c1-4-6-12-28(13-7-5-2)20-14-17(16-27)15-21(31(3,29)30)22(20)18-8-10-19(11-9-18)23(24,25)26/h8-11,14-15H,4-7,12-13H2,1-3H3. The molecule has 0 aromatic heterocycles. The summed E-state index contributed by atoms with van der Waals surface area (Å²) in [5, 5.41) is 9.49. The van der Waals surface area contributed by atoms with Crippen LogP contribution in [0.3, 0.4) is 0 Å². The van der Waals surface area contributed by atoms with Crippen molar-refractivity contribution in [1.82, 2.24) is 0 Å². The van der Waals surface area contributed by atoms with Crippen LogP contribution in [0.15, 0.2) is 41.3 Å². The van der Waals surface area contributed by atoms with Gasteiger partial charge in [-0.05, 0) is 42.7 Å². The van der Waals surface area contributed by atoms with Crippen LogP contribution in [0.25, 0.3) is 11.1 Å². The number of rotatable bonds is 9. The quantitative estimate of drug-likeness (QED) is 0.464. The molecular weight excluding hydrogens is 425 g/mol. The summed E-state index contributed by atoms with van der Waals surface area (Å²) in [5.41, 5.74) is 0.653. The molecule has 31 heavy (non-hydrogen) atoms. The topological polar surface area (TPSA) is 61.2 Å². The highest BCUT2D eigenvalue weighted by atomic mass is 32.2. The number of sulfone groups is 1. The van der Waals surface area contributed by atoms with Gasteiger partial charge in [-0.25, -0.2) is 8.42 Å². The number of benzene rings is 2. The van der Waals surface area contributed by atoms with Gasteiger partial charge >= 0.3 is 6.18 Å². The summed E-state index contributed by atoms with van der Waals surface area (Å²) in [6, 6.07) is 9.43. The summed E-state index contributed by atoms with van der Waals surface area (Å²) in [4.78, 5) is 1.98. The number of nitriles is 1. The van der Waals surface area contributed by atoms with E-state index in [0.717, 1.165) is 44.1 Å². The minimum Gasteiger partial charge on any atom is -0.371 e. The van der Waals surface area contributed by atoms with Crippen LogP contribution in [0.2, 0.25) is 0 Å². The van der Waals surface area contributed by atoms with Gasteiger partial charge in [0.25, 0.3) is 0 Å². The summed E-state index contributed by atoms with van der Waals surface area (Å²) >= 11 is 0. The SMILES string of the molecule is CCCCN(CCCC)c1cc(C#N)cc(S(C)(=O)=O)c1-c1ccc(C(F)(F)F)cc1. The number of unbranched alkanes of at least 4 members (excludes halogenated alkanes) is 2. The van der Waals surface area contributed by atoms with Crippen LogP contribution in [0.4, 0.5) is 18.9 Å². The van der Waals surface area contributed by atoms with Crippen LogP contribution >= 0.6 is 0 Å². The van der Waals surface area contributed by atoms with Crippen molar-refractivity contribution in [3.63, 3.8) is 0 Å². The monoisotopic (exact) mass is 452 g/mol. The minimum absolute atomic E-state index is 0.0562. The van der Waals surface area contributed by atoms with Crippen LogP contribution in [0, 0.1) is 11.3 Å². The zero-order chi connectivity index (χ0) is 23.2. The van der Waals surface area contributed by atoms with E-state index < -0.39 is 21.6 Å². The summed E-state index contributed by atoms with van der Waals surface area (Å²) < 4.78 is 64.3. The molecule has 0 fully saturated rings. The molecule has 2 aromatic carbocycles. The van der Waals surface area contributed by atoms with Crippen LogP contribution in [0.1, 0.15) is 50.7 Å². The Kier molecular flexibility index (Phi) is 8.13. The van der Waals surface area contributed by atoms with Gasteiger partial charge in [0.15, 0.2) is 9.84 Å². The van der Waals surface area contributed by atoms with Gasteiger partial charge in [-0.15, -0.1) is 0 Å². The fraction of sp³-hybridized carbons (Fsp3) is 0.435. The number of nitrogens with zero attached hydrogens (tertiary/aromatic N) is 2. The lowest BCUT2D eigenvalue weighted by molar-refractivity contribution is -0.137. The third-order valence-corrected chi connectivity index (χ3v) is 6.14. The van der Waals surface area contributed by atoms with E-state index in [1.54, 1.807) is 6.07 Å². The summed E-state index contributed by atoms with van der Waals surface area (Å²) in [6.45, 7) is 5.40. The van der Waals surface area contributed by atoms with Crippen molar-refractivity contribution < 1.29 is 21.6 Å². The molecule has 2 rings (SSSR count). The highest BCUT2D eigenvalue weighted by Crippen LogP contribution is 2.39. The maximum atomic E-state index is 13.0. The molecule has 0 saturated carbocycles. The molecule has 0 radical (unpaired) electrons. The molecular formula is C23H27F3N2O2S. The lowest BCUT2D eigenvalue weighted by atomic mass is 9.98. The fourth-order valence-corrected chi connectivity index (χ4v) is 4.31. The van der Waals surface area contributed by atoms with E-state index in [1.165, 1.54) is 18.2 Å². The van der Waals surface area contributed by atoms with Gasteiger partial charge in [-0.3, -0.25) is 0 Å². The Morgan fingerprint density at radius 2 is 1.55 bits per heavy atom. The smallest absolute Gasteiger partial charge is 0.371 e. The highest BCUT2D eigenvalue weighted by Gasteiger charge is 2.30. The van der Waals surface area contributed by atoms with E-state index in [9.17, 15) is 26.9 Å². The Morgan fingerprint density at radius 1 is 1.00 bits per heavy atom. The maximum Gasteiger partial charge on any atom is 0.416 e. The fourth-order valence-electron chi connectivity index (χ4n) is 3.37. The molecule has 4 nitrogen and oxygen atoms in total. The van der Waals surface area contributed by atoms with Gasteiger partial charge in [0.2, 0.25) is 0 Å². The lowest BCUT2D eigenvalue weighted by Gasteiger charge is -2.29. The predicted molar refractivity (Wildman–Crippen MR) is 117 cm³/mol. The van der Waals surface area contributed by atoms with Gasteiger partial charge in [-0.2, -0.15) is 18.4 Å². The summed E-state index contributed by atoms with van der Waals surface area (Å²) in [6.07, 6.45) is 0.135. The Labute approximate surface area is 182 Å². The van der Waals surface area contributed by atoms with E-state index in [-0.39, 0.29) is 10.5 Å². The van der Waals surface area contributed by atoms with Crippen molar-refractivity contribution in [2.45, 2.75) is 50.6 Å². The first-order valence-corrected chi connectivity index (χ1v) is 12.1. The summed E-state index contributed by atoms with van der Waals surface area (Å²) in [7, 11) is -3.75. The van der Waals surface area contributed by atoms with Crippen molar-refractivity contribution in [2.24, 2.45) is 0 Å². The molecule has 0 saturated heterocycles. The molecule has 0 bridgehead atoms. The van der Waals surface area contributed by atoms with E-state index in [1.807, 2.05) is 24.8 Å². The highest BCUT2D eigenvalue weighted by molar-refractivity contribution is 7.90. The van der Waals surface area contributed by atoms with Crippen molar-refractivity contribution in [3.05, 3.63) is 47.5 Å². The Balaban J connectivity index is 2.80. The normalized spacial score (nSPS) is 11.9. The average molecular weight is 453 g/mol. The predicted octanol–water partition coefficient (Wildman–Crippen LogP) is 6.05. The van der Waals surface area contributed by atoms with E-state index >= 15 is 0 Å². The van der Waals surface area contributed by atoms with Crippen LogP contribution in [-0.4, -0.2) is 27.8 Å². The van der Waals surface area contributed by atoms with Crippen molar-refractivity contribution in [2.75, 3.05) is 24.2 Å². The largest absolute Gasteiger partial charge is 0.416 e. The van der Waals surface area contributed by atoms with E-state index in [2.05, 4.69) is 0 Å². The third kappa shape index (κ3) is 6.23.